The van der Waals surface area contributed by atoms with Crippen LogP contribution in [0.4, 0.5) is 11.4 Å². The highest BCUT2D eigenvalue weighted by molar-refractivity contribution is 5.97. The van der Waals surface area contributed by atoms with Gasteiger partial charge in [-0.25, -0.2) is 0 Å². The molecule has 1 rings (SSSR count). The van der Waals surface area contributed by atoms with Gasteiger partial charge in [0.25, 0.3) is 17.3 Å². The monoisotopic (exact) mass is 247 g/mol. The van der Waals surface area contributed by atoms with Gasteiger partial charge in [-0.3, -0.25) is 25.0 Å². The van der Waals surface area contributed by atoms with Crippen molar-refractivity contribution in [3.05, 3.63) is 44.0 Å². The Bertz CT molecular complexity index is 461. The number of nitrogens with two attached hydrogens (primary N) is 1. The van der Waals surface area contributed by atoms with Gasteiger partial charge in [0.1, 0.15) is 5.56 Å². The van der Waals surface area contributed by atoms with Gasteiger partial charge in [0.05, 0.1) is 15.9 Å². The maximum atomic E-state index is 10.8. The molecule has 0 heterocycles. The smallest absolute Gasteiger partial charge is 0.289 e. The van der Waals surface area contributed by atoms with E-state index in [2.05, 4.69) is 0 Å². The fourth-order valence-electron chi connectivity index (χ4n) is 0.993. The van der Waals surface area contributed by atoms with Crippen LogP contribution in [0.25, 0.3) is 0 Å². The quantitative estimate of drug-likeness (QED) is 0.629. The lowest BCUT2D eigenvalue weighted by molar-refractivity contribution is -0.394. The van der Waals surface area contributed by atoms with E-state index < -0.39 is 27.1 Å². The molecule has 8 nitrogen and oxygen atoms in total. The Morgan fingerprint density at radius 3 is 2.12 bits per heavy atom. The first-order valence-corrected chi connectivity index (χ1v) is 3.66. The van der Waals surface area contributed by atoms with Crippen LogP contribution in [0.3, 0.4) is 0 Å². The fourth-order valence-corrected chi connectivity index (χ4v) is 0.993. The predicted molar refractivity (Wildman–Crippen MR) is 55.5 cm³/mol. The van der Waals surface area contributed by atoms with Crippen LogP contribution in [-0.4, -0.2) is 15.8 Å². The molecule has 0 aromatic heterocycles. The second-order valence-electron chi connectivity index (χ2n) is 2.58. The zero-order chi connectivity index (χ0) is 11.6. The zero-order valence-electron chi connectivity index (χ0n) is 7.65. The van der Waals surface area contributed by atoms with Crippen molar-refractivity contribution in [2.45, 2.75) is 0 Å². The van der Waals surface area contributed by atoms with Crippen LogP contribution < -0.4 is 5.73 Å². The number of nitro groups is 2. The minimum Gasteiger partial charge on any atom is -0.365 e. The number of hydrogen-bond acceptors (Lipinski definition) is 5. The van der Waals surface area contributed by atoms with E-state index in [9.17, 15) is 25.0 Å². The SMILES string of the molecule is Cl.NC(=O)c1ccc([N+](=O)[O-])cc1[N+](=O)[O-]. The maximum absolute atomic E-state index is 10.8. The summed E-state index contributed by atoms with van der Waals surface area (Å²) in [7, 11) is 0. The third-order valence-corrected chi connectivity index (χ3v) is 1.65. The summed E-state index contributed by atoms with van der Waals surface area (Å²) in [5.41, 5.74) is 3.37. The summed E-state index contributed by atoms with van der Waals surface area (Å²) >= 11 is 0. The minimum atomic E-state index is -1.00. The first-order chi connectivity index (χ1) is 6.93. The Balaban J connectivity index is 0.00000225. The number of amides is 1. The number of benzene rings is 1. The van der Waals surface area contributed by atoms with E-state index in [0.717, 1.165) is 12.1 Å². The summed E-state index contributed by atoms with van der Waals surface area (Å²) in [5.74, 6) is -1.00. The molecular formula is C7H6ClN3O5. The van der Waals surface area contributed by atoms with E-state index >= 15 is 0 Å². The van der Waals surface area contributed by atoms with E-state index in [4.69, 9.17) is 5.73 Å². The summed E-state index contributed by atoms with van der Waals surface area (Å²) in [4.78, 5) is 29.9. The molecule has 0 radical (unpaired) electrons. The van der Waals surface area contributed by atoms with Gasteiger partial charge in [0.2, 0.25) is 0 Å². The molecule has 1 aromatic rings. The van der Waals surface area contributed by atoms with Crippen LogP contribution in [0.15, 0.2) is 18.2 Å². The highest BCUT2D eigenvalue weighted by Gasteiger charge is 2.22. The minimum absolute atomic E-state index is 0. The molecule has 1 amide bonds. The van der Waals surface area contributed by atoms with E-state index in [0.29, 0.717) is 6.07 Å². The van der Waals surface area contributed by atoms with Gasteiger partial charge in [0, 0.05) is 6.07 Å². The lowest BCUT2D eigenvalue weighted by atomic mass is 10.1. The molecule has 16 heavy (non-hydrogen) atoms. The third kappa shape index (κ3) is 2.64. The Morgan fingerprint density at radius 1 is 1.19 bits per heavy atom. The third-order valence-electron chi connectivity index (χ3n) is 1.65. The van der Waals surface area contributed by atoms with Gasteiger partial charge < -0.3 is 5.73 Å². The number of carbonyl (C=O) groups is 1. The van der Waals surface area contributed by atoms with Crippen LogP contribution in [0, 0.1) is 20.2 Å². The summed E-state index contributed by atoms with van der Waals surface area (Å²) in [6, 6.07) is 2.63. The van der Waals surface area contributed by atoms with E-state index in [-0.39, 0.29) is 18.0 Å². The number of carbonyl (C=O) groups excluding carboxylic acids is 1. The molecule has 2 N–H and O–H groups in total. The largest absolute Gasteiger partial charge is 0.365 e. The fraction of sp³-hybridized carbons (Fsp3) is 0. The highest BCUT2D eigenvalue weighted by Crippen LogP contribution is 2.23. The lowest BCUT2D eigenvalue weighted by Gasteiger charge is -1.97. The normalized spacial score (nSPS) is 9.00. The Morgan fingerprint density at radius 2 is 1.75 bits per heavy atom. The van der Waals surface area contributed by atoms with Crippen molar-refractivity contribution >= 4 is 29.7 Å². The van der Waals surface area contributed by atoms with Crippen molar-refractivity contribution in [2.24, 2.45) is 5.73 Å². The molecule has 0 aliphatic carbocycles. The predicted octanol–water partition coefficient (Wildman–Crippen LogP) is 1.02. The average molecular weight is 248 g/mol. The average Bonchev–Trinajstić information content (AvgIpc) is 2.16. The lowest BCUT2D eigenvalue weighted by Crippen LogP contribution is -2.13. The van der Waals surface area contributed by atoms with Crippen molar-refractivity contribution in [1.82, 2.24) is 0 Å². The number of nitro benzene ring substituents is 2. The number of rotatable bonds is 3. The van der Waals surface area contributed by atoms with Gasteiger partial charge >= 0.3 is 0 Å². The summed E-state index contributed by atoms with van der Waals surface area (Å²) in [5, 5.41) is 20.8. The van der Waals surface area contributed by atoms with Crippen LogP contribution in [0.2, 0.25) is 0 Å². The van der Waals surface area contributed by atoms with Gasteiger partial charge in [-0.05, 0) is 6.07 Å². The zero-order valence-corrected chi connectivity index (χ0v) is 8.47. The second kappa shape index (κ2) is 5.03. The molecule has 0 aliphatic heterocycles. The van der Waals surface area contributed by atoms with Crippen molar-refractivity contribution < 1.29 is 14.6 Å². The van der Waals surface area contributed by atoms with E-state index in [1.807, 2.05) is 0 Å². The standard InChI is InChI=1S/C7H5N3O5.ClH/c8-7(11)5-2-1-4(9(12)13)3-6(5)10(14)15;/h1-3H,(H2,8,11);1H. The molecule has 0 fully saturated rings. The van der Waals surface area contributed by atoms with Crippen LogP contribution in [0.5, 0.6) is 0 Å². The maximum Gasteiger partial charge on any atom is 0.289 e. The van der Waals surface area contributed by atoms with E-state index in [1.54, 1.807) is 0 Å². The van der Waals surface area contributed by atoms with Crippen molar-refractivity contribution in [1.29, 1.82) is 0 Å². The van der Waals surface area contributed by atoms with Crippen LogP contribution >= 0.6 is 12.4 Å². The Kier molecular flexibility index (Phi) is 4.33. The molecule has 0 aliphatic rings. The molecule has 0 atom stereocenters. The Labute approximate surface area is 94.8 Å². The van der Waals surface area contributed by atoms with Crippen molar-refractivity contribution in [3.8, 4) is 0 Å². The number of hydrogen-bond donors (Lipinski definition) is 1. The van der Waals surface area contributed by atoms with Crippen LogP contribution in [0.1, 0.15) is 10.4 Å². The second-order valence-corrected chi connectivity index (χ2v) is 2.58. The number of halogens is 1. The number of primary amides is 1. The first-order valence-electron chi connectivity index (χ1n) is 3.66. The molecule has 0 saturated carbocycles. The molecular weight excluding hydrogens is 242 g/mol. The topological polar surface area (TPSA) is 129 Å². The van der Waals surface area contributed by atoms with Gasteiger partial charge in [0.15, 0.2) is 0 Å². The molecule has 0 saturated heterocycles. The number of non-ortho nitro benzene ring substituents is 1. The molecule has 0 bridgehead atoms. The first kappa shape index (κ1) is 13.8. The molecule has 0 unspecified atom stereocenters. The van der Waals surface area contributed by atoms with E-state index in [1.165, 1.54) is 0 Å². The molecule has 9 heteroatoms. The highest BCUT2D eigenvalue weighted by atomic mass is 35.5. The van der Waals surface area contributed by atoms with Gasteiger partial charge in [-0.15, -0.1) is 12.4 Å². The molecule has 0 spiro atoms. The summed E-state index contributed by atoms with van der Waals surface area (Å²) < 4.78 is 0. The number of nitrogens with zero attached hydrogens (tertiary/aromatic N) is 2. The van der Waals surface area contributed by atoms with Crippen molar-refractivity contribution in [3.63, 3.8) is 0 Å². The van der Waals surface area contributed by atoms with Crippen LogP contribution in [-0.2, 0) is 0 Å². The van der Waals surface area contributed by atoms with Crippen molar-refractivity contribution in [2.75, 3.05) is 0 Å². The summed E-state index contributed by atoms with van der Waals surface area (Å²) in [6.45, 7) is 0. The van der Waals surface area contributed by atoms with Gasteiger partial charge in [-0.2, -0.15) is 0 Å². The Hall–Kier alpha value is -2.22. The van der Waals surface area contributed by atoms with Gasteiger partial charge in [-0.1, -0.05) is 0 Å². The summed E-state index contributed by atoms with van der Waals surface area (Å²) in [6.07, 6.45) is 0. The molecule has 86 valence electrons. The molecule has 1 aromatic carbocycles.